The number of hydrogen-bond donors (Lipinski definition) is 1. The number of hydrogen-bond acceptors (Lipinski definition) is 4. The molecule has 23 heavy (non-hydrogen) atoms. The fourth-order valence-corrected chi connectivity index (χ4v) is 3.27. The molecule has 5 nitrogen and oxygen atoms in total. The highest BCUT2D eigenvalue weighted by molar-refractivity contribution is 6.31. The summed E-state index contributed by atoms with van der Waals surface area (Å²) in [6, 6.07) is 3.86. The molecule has 0 amide bonds. The van der Waals surface area contributed by atoms with Gasteiger partial charge in [-0.05, 0) is 25.0 Å². The van der Waals surface area contributed by atoms with E-state index in [4.69, 9.17) is 16.6 Å². The zero-order valence-electron chi connectivity index (χ0n) is 12.8. The van der Waals surface area contributed by atoms with Gasteiger partial charge in [-0.1, -0.05) is 24.4 Å². The Balaban J connectivity index is 1.73. The minimum atomic E-state index is 0.625. The highest BCUT2D eigenvalue weighted by atomic mass is 35.5. The summed E-state index contributed by atoms with van der Waals surface area (Å²) in [5, 5.41) is 1.61. The lowest BCUT2D eigenvalue weighted by Crippen LogP contribution is -2.25. The van der Waals surface area contributed by atoms with E-state index in [0.29, 0.717) is 5.02 Å². The number of rotatable bonds is 2. The predicted octanol–water partition coefficient (Wildman–Crippen LogP) is 4.05. The molecule has 4 heterocycles. The van der Waals surface area contributed by atoms with Crippen LogP contribution in [0.15, 0.2) is 30.7 Å². The molecule has 0 unspecified atom stereocenters. The van der Waals surface area contributed by atoms with Crippen LogP contribution in [0.2, 0.25) is 5.02 Å². The normalized spacial score (nSPS) is 15.8. The van der Waals surface area contributed by atoms with Gasteiger partial charge in [0.15, 0.2) is 0 Å². The Bertz CT molecular complexity index is 821. The molecule has 0 bridgehead atoms. The lowest BCUT2D eigenvalue weighted by Gasteiger charge is -2.20. The fraction of sp³-hybridized carbons (Fsp3) is 0.353. The quantitative estimate of drug-likeness (QED) is 0.771. The van der Waals surface area contributed by atoms with Gasteiger partial charge in [0.05, 0.1) is 10.7 Å². The Morgan fingerprint density at radius 1 is 1.09 bits per heavy atom. The maximum Gasteiger partial charge on any atom is 0.225 e. The van der Waals surface area contributed by atoms with E-state index in [-0.39, 0.29) is 0 Å². The highest BCUT2D eigenvalue weighted by Gasteiger charge is 2.15. The number of halogens is 1. The van der Waals surface area contributed by atoms with Gasteiger partial charge in [-0.2, -0.15) is 0 Å². The number of fused-ring (bicyclic) bond motifs is 1. The van der Waals surface area contributed by atoms with Crippen LogP contribution in [-0.2, 0) is 0 Å². The Morgan fingerprint density at radius 2 is 1.91 bits per heavy atom. The summed E-state index contributed by atoms with van der Waals surface area (Å²) in [5.74, 6) is 0.814. The third kappa shape index (κ3) is 2.88. The fourth-order valence-electron chi connectivity index (χ4n) is 3.11. The van der Waals surface area contributed by atoms with Gasteiger partial charge in [-0.15, -0.1) is 0 Å². The van der Waals surface area contributed by atoms with Gasteiger partial charge in [0.1, 0.15) is 5.65 Å². The molecule has 0 aromatic carbocycles. The molecule has 1 saturated heterocycles. The van der Waals surface area contributed by atoms with Gasteiger partial charge in [0.2, 0.25) is 5.95 Å². The molecule has 6 heteroatoms. The van der Waals surface area contributed by atoms with Gasteiger partial charge in [0.25, 0.3) is 0 Å². The van der Waals surface area contributed by atoms with E-state index in [1.54, 1.807) is 6.20 Å². The minimum absolute atomic E-state index is 0.625. The van der Waals surface area contributed by atoms with E-state index in [0.717, 1.165) is 41.3 Å². The molecule has 1 fully saturated rings. The number of H-pyrrole nitrogens is 1. The number of nitrogens with zero attached hydrogens (tertiary/aromatic N) is 4. The summed E-state index contributed by atoms with van der Waals surface area (Å²) >= 11 is 6.09. The molecular formula is C17H18ClN5. The molecule has 1 aliphatic heterocycles. The van der Waals surface area contributed by atoms with Gasteiger partial charge in [-0.3, -0.25) is 0 Å². The number of nitrogens with one attached hydrogen (secondary N) is 1. The topological polar surface area (TPSA) is 57.7 Å². The smallest absolute Gasteiger partial charge is 0.225 e. The van der Waals surface area contributed by atoms with Crippen molar-refractivity contribution in [3.63, 3.8) is 0 Å². The van der Waals surface area contributed by atoms with Crippen molar-refractivity contribution in [2.75, 3.05) is 18.0 Å². The van der Waals surface area contributed by atoms with E-state index in [1.165, 1.54) is 25.7 Å². The molecule has 3 aromatic rings. The number of pyridine rings is 1. The highest BCUT2D eigenvalue weighted by Crippen LogP contribution is 2.29. The van der Waals surface area contributed by atoms with E-state index in [9.17, 15) is 0 Å². The van der Waals surface area contributed by atoms with Crippen LogP contribution in [0, 0.1) is 0 Å². The third-order valence-corrected chi connectivity index (χ3v) is 4.51. The standard InChI is InChI=1S/C17H18ClN5/c18-12-9-13-14(11-21-16(13)20-10-12)15-5-6-19-17(22-15)23-7-3-1-2-4-8-23/h5-6,9-11H,1-4,7-8H2,(H,20,21). The molecule has 0 saturated carbocycles. The van der Waals surface area contributed by atoms with Crippen LogP contribution in [0.1, 0.15) is 25.7 Å². The largest absolute Gasteiger partial charge is 0.345 e. The van der Waals surface area contributed by atoms with Crippen LogP contribution >= 0.6 is 11.6 Å². The molecule has 0 atom stereocenters. The Labute approximate surface area is 139 Å². The first-order valence-corrected chi connectivity index (χ1v) is 8.40. The summed E-state index contributed by atoms with van der Waals surface area (Å²) < 4.78 is 0. The van der Waals surface area contributed by atoms with Crippen LogP contribution < -0.4 is 4.90 Å². The molecule has 0 spiro atoms. The minimum Gasteiger partial charge on any atom is -0.345 e. The molecule has 118 valence electrons. The van der Waals surface area contributed by atoms with Gasteiger partial charge >= 0.3 is 0 Å². The summed E-state index contributed by atoms with van der Waals surface area (Å²) in [4.78, 5) is 19.0. The Morgan fingerprint density at radius 3 is 2.74 bits per heavy atom. The summed E-state index contributed by atoms with van der Waals surface area (Å²) in [6.07, 6.45) is 10.4. The van der Waals surface area contributed by atoms with E-state index < -0.39 is 0 Å². The van der Waals surface area contributed by atoms with Gasteiger partial charge in [0, 0.05) is 42.6 Å². The molecule has 0 aliphatic carbocycles. The van der Waals surface area contributed by atoms with E-state index in [1.807, 2.05) is 24.5 Å². The molecular weight excluding hydrogens is 310 g/mol. The Hall–Kier alpha value is -2.14. The molecule has 4 rings (SSSR count). The van der Waals surface area contributed by atoms with Crippen molar-refractivity contribution < 1.29 is 0 Å². The van der Waals surface area contributed by atoms with Gasteiger partial charge in [-0.25, -0.2) is 15.0 Å². The van der Waals surface area contributed by atoms with Crippen molar-refractivity contribution in [1.82, 2.24) is 19.9 Å². The summed E-state index contributed by atoms with van der Waals surface area (Å²) in [6.45, 7) is 2.06. The number of aromatic nitrogens is 4. The summed E-state index contributed by atoms with van der Waals surface area (Å²) in [7, 11) is 0. The zero-order valence-corrected chi connectivity index (χ0v) is 13.6. The maximum absolute atomic E-state index is 6.09. The lowest BCUT2D eigenvalue weighted by molar-refractivity contribution is 0.726. The third-order valence-electron chi connectivity index (χ3n) is 4.31. The van der Waals surface area contributed by atoms with E-state index >= 15 is 0 Å². The number of anilines is 1. The van der Waals surface area contributed by atoms with Crippen LogP contribution in [0.3, 0.4) is 0 Å². The lowest BCUT2D eigenvalue weighted by atomic mass is 10.1. The number of aromatic amines is 1. The van der Waals surface area contributed by atoms with Crippen LogP contribution in [0.25, 0.3) is 22.3 Å². The summed E-state index contributed by atoms with van der Waals surface area (Å²) in [5.41, 5.74) is 2.72. The monoisotopic (exact) mass is 327 g/mol. The average molecular weight is 328 g/mol. The van der Waals surface area contributed by atoms with Crippen molar-refractivity contribution in [1.29, 1.82) is 0 Å². The van der Waals surface area contributed by atoms with Crippen LogP contribution in [-0.4, -0.2) is 33.0 Å². The molecule has 1 N–H and O–H groups in total. The van der Waals surface area contributed by atoms with Crippen molar-refractivity contribution in [2.24, 2.45) is 0 Å². The average Bonchev–Trinajstić information content (AvgIpc) is 2.80. The van der Waals surface area contributed by atoms with Crippen LogP contribution in [0.4, 0.5) is 5.95 Å². The molecule has 1 aliphatic rings. The predicted molar refractivity (Wildman–Crippen MR) is 92.8 cm³/mol. The molecule has 0 radical (unpaired) electrons. The SMILES string of the molecule is Clc1cnc2[nH]cc(-c3ccnc(N4CCCCCC4)n3)c2c1. The van der Waals surface area contributed by atoms with E-state index in [2.05, 4.69) is 19.9 Å². The van der Waals surface area contributed by atoms with Crippen molar-refractivity contribution in [3.05, 3.63) is 35.7 Å². The van der Waals surface area contributed by atoms with Gasteiger partial charge < -0.3 is 9.88 Å². The van der Waals surface area contributed by atoms with Crippen molar-refractivity contribution in [3.8, 4) is 11.3 Å². The first kappa shape index (κ1) is 14.5. The van der Waals surface area contributed by atoms with Crippen molar-refractivity contribution >= 4 is 28.6 Å². The second-order valence-electron chi connectivity index (χ2n) is 5.90. The zero-order chi connectivity index (χ0) is 15.6. The van der Waals surface area contributed by atoms with Crippen molar-refractivity contribution in [2.45, 2.75) is 25.7 Å². The van der Waals surface area contributed by atoms with Crippen LogP contribution in [0.5, 0.6) is 0 Å². The first-order chi connectivity index (χ1) is 11.3. The first-order valence-electron chi connectivity index (χ1n) is 8.02. The molecule has 3 aromatic heterocycles. The second-order valence-corrected chi connectivity index (χ2v) is 6.33. The maximum atomic E-state index is 6.09. The second kappa shape index (κ2) is 6.16. The Kier molecular flexibility index (Phi) is 3.87.